The van der Waals surface area contributed by atoms with Gasteiger partial charge in [-0.25, -0.2) is 9.97 Å². The van der Waals surface area contributed by atoms with Gasteiger partial charge in [-0.05, 0) is 24.3 Å². The molecular weight excluding hydrogens is 282 g/mol. The summed E-state index contributed by atoms with van der Waals surface area (Å²) in [5.41, 5.74) is 8.52. The van der Waals surface area contributed by atoms with Crippen molar-refractivity contribution in [2.45, 2.75) is 0 Å². The molecule has 0 saturated heterocycles. The minimum absolute atomic E-state index is 0.403. The van der Waals surface area contributed by atoms with Gasteiger partial charge in [-0.1, -0.05) is 18.2 Å². The third-order valence-electron chi connectivity index (χ3n) is 2.92. The van der Waals surface area contributed by atoms with E-state index in [1.54, 1.807) is 12.1 Å². The van der Waals surface area contributed by atoms with Gasteiger partial charge in [-0.3, -0.25) is 4.79 Å². The quantitative estimate of drug-likeness (QED) is 0.537. The number of nitrogens with two attached hydrogens (primary N) is 1. The molecule has 1 amide bonds. The van der Waals surface area contributed by atoms with Crippen LogP contribution in [0.2, 0.25) is 0 Å². The molecule has 2 aromatic heterocycles. The maximum Gasteiger partial charge on any atom is 0.250 e. The summed E-state index contributed by atoms with van der Waals surface area (Å²) in [4.78, 5) is 20.2. The molecule has 0 aliphatic rings. The van der Waals surface area contributed by atoms with Crippen molar-refractivity contribution in [3.63, 3.8) is 0 Å². The van der Waals surface area contributed by atoms with Crippen LogP contribution in [0.15, 0.2) is 59.7 Å². The number of aromatic nitrogens is 4. The molecule has 0 aliphatic carbocycles. The molecule has 2 N–H and O–H groups in total. The van der Waals surface area contributed by atoms with E-state index in [4.69, 9.17) is 5.73 Å². The largest absolute Gasteiger partial charge is 0.431 e. The predicted octanol–water partition coefficient (Wildman–Crippen LogP) is 1.95. The molecule has 0 saturated carbocycles. The lowest BCUT2D eigenvalue weighted by atomic mass is 10.1. The van der Waals surface area contributed by atoms with E-state index in [0.717, 1.165) is 11.0 Å². The molecule has 0 radical (unpaired) electrons. The fourth-order valence-corrected chi connectivity index (χ4v) is 1.98. The molecule has 2 aromatic carbocycles. The van der Waals surface area contributed by atoms with Crippen LogP contribution in [0.1, 0.15) is 10.4 Å². The number of primary amides is 1. The molecule has 7 nitrogen and oxygen atoms in total. The van der Waals surface area contributed by atoms with Crippen molar-refractivity contribution >= 4 is 28.0 Å². The molecule has 4 rings (SSSR count). The number of benzene rings is 2. The fourth-order valence-electron chi connectivity index (χ4n) is 1.98. The van der Waals surface area contributed by atoms with E-state index in [0.29, 0.717) is 16.6 Å². The predicted molar refractivity (Wildman–Crippen MR) is 79.9 cm³/mol. The molecule has 0 unspecified atom stereocenters. The Bertz CT molecular complexity index is 904. The zero-order valence-electron chi connectivity index (χ0n) is 11.4. The van der Waals surface area contributed by atoms with Gasteiger partial charge in [0.05, 0.1) is 22.1 Å². The van der Waals surface area contributed by atoms with Crippen molar-refractivity contribution in [3.8, 4) is 0 Å². The number of hydrogen-bond donors (Lipinski definition) is 1. The molecule has 0 bridgehead atoms. The highest BCUT2D eigenvalue weighted by molar-refractivity contribution is 6.05. The summed E-state index contributed by atoms with van der Waals surface area (Å²) in [6.45, 7) is 0. The molecule has 0 atom stereocenters. The zero-order valence-corrected chi connectivity index (χ0v) is 11.4. The number of carbonyl (C=O) groups excluding carboxylic acids is 1. The van der Waals surface area contributed by atoms with E-state index in [-0.39, 0.29) is 0 Å². The maximum atomic E-state index is 11.3. The highest BCUT2D eigenvalue weighted by Crippen LogP contribution is 2.18. The summed E-state index contributed by atoms with van der Waals surface area (Å²) in [6, 6.07) is 12.8. The number of nitrogens with zero attached hydrogens (tertiary/aromatic N) is 4. The van der Waals surface area contributed by atoms with Gasteiger partial charge >= 0.3 is 0 Å². The third-order valence-corrected chi connectivity index (χ3v) is 2.92. The Morgan fingerprint density at radius 3 is 2.09 bits per heavy atom. The van der Waals surface area contributed by atoms with Crippen molar-refractivity contribution in [2.75, 3.05) is 0 Å². The Labute approximate surface area is 124 Å². The number of carbonyl (C=O) groups is 1. The van der Waals surface area contributed by atoms with Gasteiger partial charge in [0, 0.05) is 0 Å². The molecule has 108 valence electrons. The Morgan fingerprint density at radius 1 is 0.864 bits per heavy atom. The van der Waals surface area contributed by atoms with E-state index in [9.17, 15) is 4.79 Å². The standard InChI is InChI=1S/C13H9N3O.C2H2N2O/c14-13(17)8-4-3-7-11-12(8)16-10-6-2-1-5-9(10)15-11;1-3-4-2-5-1/h1-7H,(H2,14,17);1-2H. The highest BCUT2D eigenvalue weighted by Gasteiger charge is 2.09. The van der Waals surface area contributed by atoms with Crippen LogP contribution >= 0.6 is 0 Å². The zero-order chi connectivity index (χ0) is 15.4. The summed E-state index contributed by atoms with van der Waals surface area (Å²) in [7, 11) is 0. The first-order valence-electron chi connectivity index (χ1n) is 6.40. The number of amides is 1. The summed E-state index contributed by atoms with van der Waals surface area (Å²) in [5, 5.41) is 6.61. The monoisotopic (exact) mass is 293 g/mol. The van der Waals surface area contributed by atoms with Gasteiger partial charge in [0.1, 0.15) is 5.52 Å². The van der Waals surface area contributed by atoms with Crippen LogP contribution in [0.3, 0.4) is 0 Å². The first-order chi connectivity index (χ1) is 10.8. The normalized spacial score (nSPS) is 10.2. The number of hydrogen-bond acceptors (Lipinski definition) is 6. The van der Waals surface area contributed by atoms with Crippen LogP contribution in [0.4, 0.5) is 0 Å². The lowest BCUT2D eigenvalue weighted by Crippen LogP contribution is -2.12. The van der Waals surface area contributed by atoms with Crippen LogP contribution in [-0.4, -0.2) is 26.1 Å². The molecule has 7 heteroatoms. The molecule has 4 aromatic rings. The first kappa shape index (κ1) is 13.6. The van der Waals surface area contributed by atoms with Crippen molar-refractivity contribution in [1.29, 1.82) is 0 Å². The van der Waals surface area contributed by atoms with Gasteiger partial charge < -0.3 is 10.2 Å². The smallest absolute Gasteiger partial charge is 0.250 e. The SMILES string of the molecule is NC(=O)c1cccc2nc3ccccc3nc12.c1nnco1. The maximum absolute atomic E-state index is 11.3. The first-order valence-corrected chi connectivity index (χ1v) is 6.40. The summed E-state index contributed by atoms with van der Waals surface area (Å²) >= 11 is 0. The van der Waals surface area contributed by atoms with Crippen molar-refractivity contribution in [1.82, 2.24) is 20.2 Å². The Morgan fingerprint density at radius 2 is 1.50 bits per heavy atom. The van der Waals surface area contributed by atoms with Gasteiger partial charge in [-0.2, -0.15) is 0 Å². The Hall–Kier alpha value is -3.35. The van der Waals surface area contributed by atoms with Crippen LogP contribution < -0.4 is 5.73 Å². The lowest BCUT2D eigenvalue weighted by molar-refractivity contribution is 0.100. The molecule has 0 fully saturated rings. The second-order valence-corrected chi connectivity index (χ2v) is 4.33. The molecule has 2 heterocycles. The minimum atomic E-state index is -0.486. The second-order valence-electron chi connectivity index (χ2n) is 4.33. The topological polar surface area (TPSA) is 108 Å². The summed E-state index contributed by atoms with van der Waals surface area (Å²) < 4.78 is 4.36. The summed E-state index contributed by atoms with van der Waals surface area (Å²) in [6.07, 6.45) is 2.53. The van der Waals surface area contributed by atoms with Crippen LogP contribution in [0.5, 0.6) is 0 Å². The van der Waals surface area contributed by atoms with Crippen molar-refractivity contribution in [3.05, 3.63) is 60.8 Å². The van der Waals surface area contributed by atoms with E-state index in [1.165, 1.54) is 12.8 Å². The Kier molecular flexibility index (Phi) is 3.69. The second kappa shape index (κ2) is 5.96. The molecule has 0 spiro atoms. The average molecular weight is 293 g/mol. The fraction of sp³-hybridized carbons (Fsp3) is 0. The van der Waals surface area contributed by atoms with Gasteiger partial charge in [-0.15, -0.1) is 10.2 Å². The van der Waals surface area contributed by atoms with Crippen molar-refractivity contribution in [2.24, 2.45) is 5.73 Å². The number of fused-ring (bicyclic) bond motifs is 2. The third kappa shape index (κ3) is 2.73. The lowest BCUT2D eigenvalue weighted by Gasteiger charge is -2.03. The van der Waals surface area contributed by atoms with Gasteiger partial charge in [0.2, 0.25) is 12.8 Å². The molecular formula is C15H11N5O2. The van der Waals surface area contributed by atoms with Crippen LogP contribution in [0, 0.1) is 0 Å². The minimum Gasteiger partial charge on any atom is -0.431 e. The van der Waals surface area contributed by atoms with E-state index >= 15 is 0 Å². The summed E-state index contributed by atoms with van der Waals surface area (Å²) in [5.74, 6) is -0.486. The number of rotatable bonds is 1. The molecule has 0 aliphatic heterocycles. The molecule has 22 heavy (non-hydrogen) atoms. The van der Waals surface area contributed by atoms with Crippen LogP contribution in [0.25, 0.3) is 22.1 Å². The van der Waals surface area contributed by atoms with Gasteiger partial charge in [0.15, 0.2) is 0 Å². The highest BCUT2D eigenvalue weighted by atomic mass is 16.3. The average Bonchev–Trinajstić information content (AvgIpc) is 3.12. The number of para-hydroxylation sites is 3. The Balaban J connectivity index is 0.000000246. The van der Waals surface area contributed by atoms with E-state index in [2.05, 4.69) is 24.6 Å². The van der Waals surface area contributed by atoms with Crippen LogP contribution in [-0.2, 0) is 0 Å². The van der Waals surface area contributed by atoms with E-state index < -0.39 is 5.91 Å². The van der Waals surface area contributed by atoms with Crippen molar-refractivity contribution < 1.29 is 9.21 Å². The van der Waals surface area contributed by atoms with Gasteiger partial charge in [0.25, 0.3) is 5.91 Å². The van der Waals surface area contributed by atoms with E-state index in [1.807, 2.05) is 30.3 Å².